The van der Waals surface area contributed by atoms with Crippen LogP contribution in [0.15, 0.2) is 12.4 Å². The summed E-state index contributed by atoms with van der Waals surface area (Å²) in [7, 11) is 1.40. The van der Waals surface area contributed by atoms with Gasteiger partial charge < -0.3 is 15.6 Å². The van der Waals surface area contributed by atoms with Crippen LogP contribution in [0.2, 0.25) is 5.02 Å². The fourth-order valence-electron chi connectivity index (χ4n) is 1.26. The topological polar surface area (TPSA) is 116 Å². The summed E-state index contributed by atoms with van der Waals surface area (Å²) in [6, 6.07) is 0.0837. The molecule has 0 spiro atoms. The van der Waals surface area contributed by atoms with Crippen molar-refractivity contribution in [1.82, 2.24) is 19.7 Å². The van der Waals surface area contributed by atoms with Crippen molar-refractivity contribution in [2.75, 3.05) is 12.8 Å². The third-order valence-electron chi connectivity index (χ3n) is 2.05. The molecule has 0 aliphatic carbocycles. The molecule has 0 atom stereocenters. The third kappa shape index (κ3) is 2.05. The average Bonchev–Trinajstić information content (AvgIpc) is 2.72. The van der Waals surface area contributed by atoms with Gasteiger partial charge in [0.25, 0.3) is 0 Å². The van der Waals surface area contributed by atoms with Crippen LogP contribution >= 0.6 is 11.6 Å². The van der Waals surface area contributed by atoms with Gasteiger partial charge in [-0.05, 0) is 0 Å². The molecule has 9 heteroatoms. The Labute approximate surface area is 106 Å². The van der Waals surface area contributed by atoms with Crippen molar-refractivity contribution < 1.29 is 14.6 Å². The highest BCUT2D eigenvalue weighted by atomic mass is 35.5. The maximum absolute atomic E-state index is 10.8. The lowest BCUT2D eigenvalue weighted by molar-refractivity contribution is 0.0691. The second-order valence-corrected chi connectivity index (χ2v) is 3.62. The summed E-state index contributed by atoms with van der Waals surface area (Å²) >= 11 is 5.90. The van der Waals surface area contributed by atoms with E-state index in [-0.39, 0.29) is 28.2 Å². The quantitative estimate of drug-likeness (QED) is 0.838. The maximum Gasteiger partial charge on any atom is 0.358 e. The molecule has 0 amide bonds. The Kier molecular flexibility index (Phi) is 3.02. The van der Waals surface area contributed by atoms with Crippen LogP contribution in [0.25, 0.3) is 5.82 Å². The van der Waals surface area contributed by atoms with Crippen LogP contribution in [-0.4, -0.2) is 37.9 Å². The lowest BCUT2D eigenvalue weighted by atomic mass is 10.4. The number of hydrogen-bond acceptors (Lipinski definition) is 6. The zero-order valence-electron chi connectivity index (χ0n) is 9.16. The fraction of sp³-hybridized carbons (Fsp3) is 0.111. The Morgan fingerprint density at radius 2 is 2.33 bits per heavy atom. The minimum absolute atomic E-state index is 0.0103. The van der Waals surface area contributed by atoms with Crippen molar-refractivity contribution in [2.24, 2.45) is 0 Å². The zero-order chi connectivity index (χ0) is 13.3. The number of carboxylic acid groups (broad SMARTS) is 1. The monoisotopic (exact) mass is 269 g/mol. The van der Waals surface area contributed by atoms with Crippen molar-refractivity contribution in [1.29, 1.82) is 0 Å². The van der Waals surface area contributed by atoms with E-state index < -0.39 is 5.97 Å². The highest BCUT2D eigenvalue weighted by molar-refractivity contribution is 6.32. The molecule has 2 heterocycles. The zero-order valence-corrected chi connectivity index (χ0v) is 9.92. The summed E-state index contributed by atoms with van der Waals surface area (Å²) in [5, 5.41) is 12.8. The Balaban J connectivity index is 2.54. The van der Waals surface area contributed by atoms with Gasteiger partial charge in [0, 0.05) is 0 Å². The third-order valence-corrected chi connectivity index (χ3v) is 2.31. The van der Waals surface area contributed by atoms with Gasteiger partial charge in [-0.15, -0.1) is 0 Å². The number of carbonyl (C=O) groups is 1. The largest absolute Gasteiger partial charge is 0.476 e. The first-order valence-electron chi connectivity index (χ1n) is 4.68. The summed E-state index contributed by atoms with van der Waals surface area (Å²) in [5.41, 5.74) is 5.25. The van der Waals surface area contributed by atoms with E-state index in [2.05, 4.69) is 15.1 Å². The van der Waals surface area contributed by atoms with Crippen LogP contribution in [0.5, 0.6) is 6.01 Å². The normalized spacial score (nSPS) is 10.3. The van der Waals surface area contributed by atoms with Crippen molar-refractivity contribution in [3.8, 4) is 11.8 Å². The van der Waals surface area contributed by atoms with Gasteiger partial charge in [0.1, 0.15) is 5.02 Å². The van der Waals surface area contributed by atoms with Gasteiger partial charge in [-0.1, -0.05) is 11.6 Å². The molecule has 0 fully saturated rings. The highest BCUT2D eigenvalue weighted by Gasteiger charge is 2.16. The molecule has 2 aromatic rings. The van der Waals surface area contributed by atoms with Gasteiger partial charge in [0.05, 0.1) is 25.2 Å². The number of hydrogen-bond donors (Lipinski definition) is 2. The molecule has 18 heavy (non-hydrogen) atoms. The highest BCUT2D eigenvalue weighted by Crippen LogP contribution is 2.21. The molecule has 94 valence electrons. The average molecular weight is 270 g/mol. The number of aromatic carboxylic acids is 1. The van der Waals surface area contributed by atoms with Crippen LogP contribution in [0.3, 0.4) is 0 Å². The number of aromatic nitrogens is 4. The van der Waals surface area contributed by atoms with Crippen LogP contribution in [0.1, 0.15) is 10.5 Å². The molecule has 0 bridgehead atoms. The molecule has 0 unspecified atom stereocenters. The number of anilines is 1. The molecular formula is C9H8ClN5O3. The second kappa shape index (κ2) is 4.49. The van der Waals surface area contributed by atoms with Crippen LogP contribution in [-0.2, 0) is 0 Å². The van der Waals surface area contributed by atoms with E-state index in [9.17, 15) is 4.79 Å². The van der Waals surface area contributed by atoms with Crippen molar-refractivity contribution >= 4 is 23.3 Å². The van der Waals surface area contributed by atoms with E-state index in [4.69, 9.17) is 27.2 Å². The fourth-order valence-corrected chi connectivity index (χ4v) is 1.44. The molecule has 0 radical (unpaired) electrons. The predicted molar refractivity (Wildman–Crippen MR) is 62.1 cm³/mol. The maximum atomic E-state index is 10.8. The lowest BCUT2D eigenvalue weighted by Gasteiger charge is -2.04. The van der Waals surface area contributed by atoms with Gasteiger partial charge in [-0.3, -0.25) is 0 Å². The smallest absolute Gasteiger partial charge is 0.358 e. The van der Waals surface area contributed by atoms with Gasteiger partial charge >= 0.3 is 12.0 Å². The van der Waals surface area contributed by atoms with Crippen LogP contribution < -0.4 is 10.5 Å². The molecule has 2 aromatic heterocycles. The molecule has 3 N–H and O–H groups in total. The van der Waals surface area contributed by atoms with E-state index in [0.717, 1.165) is 4.68 Å². The summed E-state index contributed by atoms with van der Waals surface area (Å²) in [6.45, 7) is 0. The summed E-state index contributed by atoms with van der Waals surface area (Å²) in [6.07, 6.45) is 2.62. The first-order chi connectivity index (χ1) is 8.52. The Morgan fingerprint density at radius 3 is 2.89 bits per heavy atom. The molecule has 0 saturated heterocycles. The van der Waals surface area contributed by atoms with E-state index in [1.807, 2.05) is 0 Å². The molecule has 0 saturated carbocycles. The number of rotatable bonds is 3. The molecule has 0 aliphatic heterocycles. The standard InChI is InChI=1S/C9H8ClN5O3/c1-18-9-12-2-4(10)7(13-9)15-3-5(11)6(14-15)8(16)17/h2-3H,11H2,1H3,(H,16,17). The van der Waals surface area contributed by atoms with Gasteiger partial charge in [-0.2, -0.15) is 10.1 Å². The van der Waals surface area contributed by atoms with Gasteiger partial charge in [-0.25, -0.2) is 14.5 Å². The molecule has 8 nitrogen and oxygen atoms in total. The SMILES string of the molecule is COc1ncc(Cl)c(-n2cc(N)c(C(=O)O)n2)n1. The van der Waals surface area contributed by atoms with Crippen molar-refractivity contribution in [2.45, 2.75) is 0 Å². The molecule has 2 rings (SSSR count). The number of carboxylic acids is 1. The molecule has 0 aliphatic rings. The summed E-state index contributed by atoms with van der Waals surface area (Å²) < 4.78 is 6.00. The van der Waals surface area contributed by atoms with Gasteiger partial charge in [0.2, 0.25) is 0 Å². The minimum atomic E-state index is -1.23. The Morgan fingerprint density at radius 1 is 1.61 bits per heavy atom. The van der Waals surface area contributed by atoms with Crippen LogP contribution in [0, 0.1) is 0 Å². The van der Waals surface area contributed by atoms with Crippen LogP contribution in [0.4, 0.5) is 5.69 Å². The number of methoxy groups -OCH3 is 1. The number of nitrogens with zero attached hydrogens (tertiary/aromatic N) is 4. The Hall–Kier alpha value is -2.35. The molecular weight excluding hydrogens is 262 g/mol. The first kappa shape index (κ1) is 12.1. The Bertz CT molecular complexity index is 612. The second-order valence-electron chi connectivity index (χ2n) is 3.21. The first-order valence-corrected chi connectivity index (χ1v) is 5.06. The van der Waals surface area contributed by atoms with Crippen molar-refractivity contribution in [3.05, 3.63) is 23.1 Å². The van der Waals surface area contributed by atoms with E-state index in [0.29, 0.717) is 0 Å². The minimum Gasteiger partial charge on any atom is -0.476 e. The summed E-state index contributed by atoms with van der Waals surface area (Å²) in [4.78, 5) is 18.6. The summed E-state index contributed by atoms with van der Waals surface area (Å²) in [5.74, 6) is -1.05. The van der Waals surface area contributed by atoms with E-state index in [1.54, 1.807) is 0 Å². The number of nitrogens with two attached hydrogens (primary N) is 1. The lowest BCUT2D eigenvalue weighted by Crippen LogP contribution is -2.05. The van der Waals surface area contributed by atoms with Gasteiger partial charge in [0.15, 0.2) is 11.5 Å². The van der Waals surface area contributed by atoms with Crippen molar-refractivity contribution in [3.63, 3.8) is 0 Å². The van der Waals surface area contributed by atoms with E-state index >= 15 is 0 Å². The number of ether oxygens (including phenoxy) is 1. The number of nitrogen functional groups attached to an aromatic ring is 1. The predicted octanol–water partition coefficient (Wildman–Crippen LogP) is 0.605. The molecule has 0 aromatic carbocycles. The number of halogens is 1. The van der Waals surface area contributed by atoms with E-state index in [1.165, 1.54) is 19.5 Å².